The maximum Gasteiger partial charge on any atom is 0.157 e. The van der Waals surface area contributed by atoms with E-state index in [0.29, 0.717) is 24.2 Å². The lowest BCUT2D eigenvalue weighted by Crippen LogP contribution is -2.48. The summed E-state index contributed by atoms with van der Waals surface area (Å²) in [6.45, 7) is 4.84. The zero-order chi connectivity index (χ0) is 19.5. The van der Waals surface area contributed by atoms with Crippen molar-refractivity contribution >= 4 is 5.78 Å². The van der Waals surface area contributed by atoms with Crippen molar-refractivity contribution < 1.29 is 9.90 Å². The summed E-state index contributed by atoms with van der Waals surface area (Å²) in [7, 11) is 0. The fraction of sp³-hybridized carbons (Fsp3) is 0.750. The Morgan fingerprint density at radius 3 is 2.86 bits per heavy atom. The molecule has 0 amide bonds. The normalized spacial score (nSPS) is 45.0. The number of hydrogen-bond donors (Lipinski definition) is 1. The van der Waals surface area contributed by atoms with Crippen LogP contribution in [0.25, 0.3) is 0 Å². The molecule has 1 aromatic heterocycles. The second-order valence-electron chi connectivity index (χ2n) is 10.6. The molecule has 0 aliphatic heterocycles. The number of carbonyl (C=O) groups is 1. The van der Waals surface area contributed by atoms with Gasteiger partial charge in [0.15, 0.2) is 5.78 Å². The molecule has 0 aromatic carbocycles. The van der Waals surface area contributed by atoms with Crippen molar-refractivity contribution in [3.8, 4) is 0 Å². The Hall–Kier alpha value is -1.42. The van der Waals surface area contributed by atoms with E-state index in [-0.39, 0.29) is 11.3 Å². The minimum absolute atomic E-state index is 0.164. The SMILES string of the molecule is CC1(O)CCC2C(=CCC3C2CCC2(C)C(C(=O)Cn4cccn4)CCC32)C1. The Morgan fingerprint density at radius 2 is 2.07 bits per heavy atom. The van der Waals surface area contributed by atoms with Gasteiger partial charge in [-0.3, -0.25) is 9.48 Å². The number of Topliss-reactive ketones (excluding diaryl/α,β-unsaturated/α-hetero) is 1. The number of ketones is 1. The van der Waals surface area contributed by atoms with E-state index in [2.05, 4.69) is 18.1 Å². The van der Waals surface area contributed by atoms with Gasteiger partial charge in [-0.25, -0.2) is 0 Å². The molecule has 152 valence electrons. The molecular formula is C24H34N2O2. The predicted molar refractivity (Wildman–Crippen MR) is 108 cm³/mol. The van der Waals surface area contributed by atoms with Gasteiger partial charge in [0.05, 0.1) is 12.1 Å². The molecule has 3 saturated carbocycles. The molecule has 5 rings (SSSR count). The van der Waals surface area contributed by atoms with Crippen LogP contribution in [0.1, 0.15) is 65.2 Å². The summed E-state index contributed by atoms with van der Waals surface area (Å²) in [5.74, 6) is 3.45. The van der Waals surface area contributed by atoms with Gasteiger partial charge in [0.2, 0.25) is 0 Å². The Morgan fingerprint density at radius 1 is 1.21 bits per heavy atom. The highest BCUT2D eigenvalue weighted by atomic mass is 16.3. The molecule has 4 nitrogen and oxygen atoms in total. The van der Waals surface area contributed by atoms with E-state index in [9.17, 15) is 9.90 Å². The van der Waals surface area contributed by atoms with Crippen molar-refractivity contribution in [3.05, 3.63) is 30.1 Å². The molecule has 1 aromatic rings. The summed E-state index contributed by atoms with van der Waals surface area (Å²) in [5, 5.41) is 14.8. The van der Waals surface area contributed by atoms with Crippen molar-refractivity contribution in [1.29, 1.82) is 0 Å². The van der Waals surface area contributed by atoms with Crippen molar-refractivity contribution in [1.82, 2.24) is 9.78 Å². The lowest BCUT2D eigenvalue weighted by atomic mass is 9.51. The van der Waals surface area contributed by atoms with Crippen LogP contribution in [0, 0.1) is 35.0 Å². The number of nitrogens with zero attached hydrogens (tertiary/aromatic N) is 2. The van der Waals surface area contributed by atoms with Crippen LogP contribution in [0.4, 0.5) is 0 Å². The smallest absolute Gasteiger partial charge is 0.157 e. The highest BCUT2D eigenvalue weighted by molar-refractivity contribution is 5.82. The average molecular weight is 383 g/mol. The Bertz CT molecular complexity index is 781. The third kappa shape index (κ3) is 2.91. The van der Waals surface area contributed by atoms with Crippen molar-refractivity contribution in [3.63, 3.8) is 0 Å². The second kappa shape index (κ2) is 6.55. The maximum absolute atomic E-state index is 13.1. The van der Waals surface area contributed by atoms with Gasteiger partial charge in [0.1, 0.15) is 0 Å². The lowest BCUT2D eigenvalue weighted by molar-refractivity contribution is -0.129. The zero-order valence-corrected chi connectivity index (χ0v) is 17.3. The third-order valence-corrected chi connectivity index (χ3v) is 8.98. The molecule has 0 bridgehead atoms. The third-order valence-electron chi connectivity index (χ3n) is 8.98. The number of hydrogen-bond acceptors (Lipinski definition) is 3. The van der Waals surface area contributed by atoms with E-state index in [0.717, 1.165) is 43.9 Å². The first kappa shape index (κ1) is 18.6. The highest BCUT2D eigenvalue weighted by Crippen LogP contribution is 2.63. The summed E-state index contributed by atoms with van der Waals surface area (Å²) in [6.07, 6.45) is 14.9. The molecule has 1 N–H and O–H groups in total. The van der Waals surface area contributed by atoms with Crippen LogP contribution in [0.3, 0.4) is 0 Å². The van der Waals surface area contributed by atoms with Gasteiger partial charge in [-0.05, 0) is 93.4 Å². The van der Waals surface area contributed by atoms with Crippen LogP contribution in [0.2, 0.25) is 0 Å². The summed E-state index contributed by atoms with van der Waals surface area (Å²) in [5.41, 5.74) is 1.19. The Kier molecular flexibility index (Phi) is 4.35. The molecular weight excluding hydrogens is 348 g/mol. The first-order valence-corrected chi connectivity index (χ1v) is 11.3. The van der Waals surface area contributed by atoms with Crippen LogP contribution in [0.5, 0.6) is 0 Å². The minimum atomic E-state index is -0.504. The molecule has 4 aliphatic carbocycles. The number of aromatic nitrogens is 2. The summed E-state index contributed by atoms with van der Waals surface area (Å²) < 4.78 is 1.79. The van der Waals surface area contributed by atoms with Gasteiger partial charge in [-0.15, -0.1) is 0 Å². The number of aliphatic hydroxyl groups is 1. The Labute approximate surface area is 168 Å². The molecule has 7 atom stereocenters. The first-order valence-electron chi connectivity index (χ1n) is 11.3. The van der Waals surface area contributed by atoms with E-state index >= 15 is 0 Å². The molecule has 4 heteroatoms. The monoisotopic (exact) mass is 382 g/mol. The number of allylic oxidation sites excluding steroid dienone is 1. The van der Waals surface area contributed by atoms with Gasteiger partial charge in [-0.2, -0.15) is 5.10 Å². The van der Waals surface area contributed by atoms with Gasteiger partial charge >= 0.3 is 0 Å². The van der Waals surface area contributed by atoms with E-state index < -0.39 is 5.60 Å². The molecule has 28 heavy (non-hydrogen) atoms. The molecule has 1 heterocycles. The first-order chi connectivity index (χ1) is 13.4. The fourth-order valence-electron chi connectivity index (χ4n) is 7.66. The molecule has 4 aliphatic rings. The number of rotatable bonds is 3. The van der Waals surface area contributed by atoms with Crippen molar-refractivity contribution in [2.45, 2.75) is 77.4 Å². The maximum atomic E-state index is 13.1. The predicted octanol–water partition coefficient (Wildman–Crippen LogP) is 4.39. The van der Waals surface area contributed by atoms with Crippen LogP contribution in [0.15, 0.2) is 30.1 Å². The van der Waals surface area contributed by atoms with E-state index in [4.69, 9.17) is 0 Å². The van der Waals surface area contributed by atoms with Crippen LogP contribution in [-0.4, -0.2) is 26.3 Å². The van der Waals surface area contributed by atoms with Crippen LogP contribution in [-0.2, 0) is 11.3 Å². The molecule has 7 unspecified atom stereocenters. The van der Waals surface area contributed by atoms with E-state index in [1.807, 2.05) is 19.2 Å². The zero-order valence-electron chi connectivity index (χ0n) is 17.3. The lowest BCUT2D eigenvalue weighted by Gasteiger charge is -2.54. The standard InChI is InChI=1S/C24H34N2O2/c1-23(28)10-8-17-16(14-23)4-5-19-18(17)9-11-24(2)20(19)6-7-21(24)22(27)15-26-13-3-12-25-26/h3-4,12-13,17-21,28H,5-11,14-15H2,1-2H3. The van der Waals surface area contributed by atoms with Gasteiger partial charge in [0.25, 0.3) is 0 Å². The summed E-state index contributed by atoms with van der Waals surface area (Å²) in [6, 6.07) is 1.89. The Balaban J connectivity index is 1.35. The topological polar surface area (TPSA) is 55.1 Å². The number of carbonyl (C=O) groups excluding carboxylic acids is 1. The van der Waals surface area contributed by atoms with Crippen LogP contribution < -0.4 is 0 Å². The molecule has 0 spiro atoms. The average Bonchev–Trinajstić information content (AvgIpc) is 3.27. The van der Waals surface area contributed by atoms with E-state index in [1.165, 1.54) is 24.8 Å². The fourth-order valence-corrected chi connectivity index (χ4v) is 7.66. The summed E-state index contributed by atoms with van der Waals surface area (Å²) in [4.78, 5) is 13.1. The summed E-state index contributed by atoms with van der Waals surface area (Å²) >= 11 is 0. The van der Waals surface area contributed by atoms with Gasteiger partial charge in [0, 0.05) is 18.3 Å². The number of fused-ring (bicyclic) bond motifs is 5. The van der Waals surface area contributed by atoms with Gasteiger partial charge < -0.3 is 5.11 Å². The van der Waals surface area contributed by atoms with Crippen molar-refractivity contribution in [2.75, 3.05) is 0 Å². The van der Waals surface area contributed by atoms with E-state index in [1.54, 1.807) is 10.9 Å². The van der Waals surface area contributed by atoms with Crippen LogP contribution >= 0.6 is 0 Å². The van der Waals surface area contributed by atoms with Crippen molar-refractivity contribution in [2.24, 2.45) is 35.0 Å². The largest absolute Gasteiger partial charge is 0.390 e. The van der Waals surface area contributed by atoms with Gasteiger partial charge in [-0.1, -0.05) is 18.6 Å². The quantitative estimate of drug-likeness (QED) is 0.789. The minimum Gasteiger partial charge on any atom is -0.390 e. The highest BCUT2D eigenvalue weighted by Gasteiger charge is 2.57. The molecule has 3 fully saturated rings. The molecule has 0 radical (unpaired) electrons. The second-order valence-corrected chi connectivity index (χ2v) is 10.6. The molecule has 0 saturated heterocycles.